The molecule has 0 N–H and O–H groups in total. The fourth-order valence-corrected chi connectivity index (χ4v) is 3.04. The largest absolute Gasteiger partial charge is 0.298 e. The van der Waals surface area contributed by atoms with E-state index in [0.29, 0.717) is 12.2 Å². The fourth-order valence-electron chi connectivity index (χ4n) is 2.66. The number of hydrogen-bond acceptors (Lipinski definition) is 1. The van der Waals surface area contributed by atoms with Crippen LogP contribution in [-0.4, -0.2) is 5.78 Å². The number of Topliss-reactive ketones (excluding diaryl/α,β-unsaturated/α-hetero) is 1. The van der Waals surface area contributed by atoms with Gasteiger partial charge in [0.15, 0.2) is 0 Å². The van der Waals surface area contributed by atoms with Gasteiger partial charge in [0.1, 0.15) is 5.78 Å². The highest BCUT2D eigenvalue weighted by molar-refractivity contribution is 9.10. The van der Waals surface area contributed by atoms with E-state index in [4.69, 9.17) is 0 Å². The molecule has 0 unspecified atom stereocenters. The van der Waals surface area contributed by atoms with Crippen molar-refractivity contribution in [2.75, 3.05) is 0 Å². The number of carbonyl (C=O) groups excluding carboxylic acids is 1. The van der Waals surface area contributed by atoms with Crippen molar-refractivity contribution >= 4 is 33.9 Å². The summed E-state index contributed by atoms with van der Waals surface area (Å²) in [7, 11) is 0. The number of rotatable bonds is 0. The van der Waals surface area contributed by atoms with E-state index in [2.05, 4.69) is 46.3 Å². The zero-order valence-corrected chi connectivity index (χ0v) is 11.0. The predicted molar refractivity (Wildman–Crippen MR) is 72.8 cm³/mol. The molecule has 86 valence electrons. The van der Waals surface area contributed by atoms with Gasteiger partial charge in [0, 0.05) is 10.9 Å². The van der Waals surface area contributed by atoms with E-state index in [0.717, 1.165) is 17.3 Å². The second-order valence-corrected chi connectivity index (χ2v) is 5.66. The zero-order valence-electron chi connectivity index (χ0n) is 9.45. The summed E-state index contributed by atoms with van der Waals surface area (Å²) >= 11 is 3.48. The molecule has 1 aromatic carbocycles. The van der Waals surface area contributed by atoms with Crippen molar-refractivity contribution in [2.45, 2.75) is 19.3 Å². The van der Waals surface area contributed by atoms with Crippen molar-refractivity contribution < 1.29 is 4.79 Å². The zero-order chi connectivity index (χ0) is 11.9. The number of carbonyl (C=O) groups is 1. The number of ketones is 1. The summed E-state index contributed by atoms with van der Waals surface area (Å²) in [5.74, 6) is 0.318. The highest BCUT2D eigenvalue weighted by atomic mass is 79.9. The predicted octanol–water partition coefficient (Wildman–Crippen LogP) is 2.32. The first-order chi connectivity index (χ1) is 8.20. The number of fused-ring (bicyclic) bond motifs is 1. The van der Waals surface area contributed by atoms with E-state index in [9.17, 15) is 4.79 Å². The van der Waals surface area contributed by atoms with E-state index >= 15 is 0 Å². The molecular weight excluding hydrogens is 276 g/mol. The van der Waals surface area contributed by atoms with E-state index in [1.54, 1.807) is 0 Å². The van der Waals surface area contributed by atoms with Gasteiger partial charge in [-0.2, -0.15) is 0 Å². The Kier molecular flexibility index (Phi) is 2.55. The van der Waals surface area contributed by atoms with Crippen molar-refractivity contribution in [1.29, 1.82) is 0 Å². The van der Waals surface area contributed by atoms with Crippen molar-refractivity contribution in [3.05, 3.63) is 45.3 Å². The summed E-state index contributed by atoms with van der Waals surface area (Å²) in [6, 6.07) is 6.20. The van der Waals surface area contributed by atoms with Crippen LogP contribution in [0.25, 0.3) is 12.2 Å². The van der Waals surface area contributed by atoms with Crippen LogP contribution in [0.15, 0.2) is 34.8 Å². The molecule has 0 fully saturated rings. The molecule has 1 atom stereocenters. The molecule has 1 aromatic rings. The maximum absolute atomic E-state index is 12.3. The van der Waals surface area contributed by atoms with Crippen LogP contribution in [0.5, 0.6) is 0 Å². The topological polar surface area (TPSA) is 17.1 Å². The SMILES string of the molecule is O=C1CC=CCC[C@]12C=c1ccc(Br)cc1=C2. The Morgan fingerprint density at radius 2 is 1.94 bits per heavy atom. The van der Waals surface area contributed by atoms with Crippen LogP contribution in [0.1, 0.15) is 19.3 Å². The molecule has 2 heteroatoms. The van der Waals surface area contributed by atoms with Crippen molar-refractivity contribution in [3.63, 3.8) is 0 Å². The molecule has 0 heterocycles. The number of benzene rings is 1. The van der Waals surface area contributed by atoms with Gasteiger partial charge in [0.2, 0.25) is 0 Å². The Bertz CT molecular complexity index is 627. The van der Waals surface area contributed by atoms with Crippen LogP contribution >= 0.6 is 15.9 Å². The molecule has 1 spiro atoms. The van der Waals surface area contributed by atoms with Gasteiger partial charge in [-0.05, 0) is 35.4 Å². The third-order valence-corrected chi connectivity index (χ3v) is 4.08. The lowest BCUT2D eigenvalue weighted by atomic mass is 9.80. The molecule has 0 radical (unpaired) electrons. The van der Waals surface area contributed by atoms with Crippen molar-refractivity contribution in [3.8, 4) is 0 Å². The van der Waals surface area contributed by atoms with Crippen LogP contribution in [-0.2, 0) is 4.79 Å². The quantitative estimate of drug-likeness (QED) is 0.670. The van der Waals surface area contributed by atoms with Gasteiger partial charge >= 0.3 is 0 Å². The first kappa shape index (κ1) is 11.0. The van der Waals surface area contributed by atoms with Gasteiger partial charge in [-0.25, -0.2) is 0 Å². The van der Waals surface area contributed by atoms with Gasteiger partial charge in [-0.15, -0.1) is 0 Å². The standard InChI is InChI=1S/C15H13BrO/c16-13-6-5-11-9-15(10-12(11)8-13)7-3-1-2-4-14(15)17/h1-2,5-6,8-10H,3-4,7H2/t15-/m1/s1. The van der Waals surface area contributed by atoms with Gasteiger partial charge in [0.25, 0.3) is 0 Å². The summed E-state index contributed by atoms with van der Waals surface area (Å²) in [6.45, 7) is 0. The highest BCUT2D eigenvalue weighted by Crippen LogP contribution is 2.34. The van der Waals surface area contributed by atoms with Crippen molar-refractivity contribution in [1.82, 2.24) is 0 Å². The molecule has 0 aromatic heterocycles. The minimum Gasteiger partial charge on any atom is -0.298 e. The van der Waals surface area contributed by atoms with Crippen LogP contribution in [0, 0.1) is 5.41 Å². The van der Waals surface area contributed by atoms with Crippen LogP contribution in [0.2, 0.25) is 0 Å². The number of hydrogen-bond donors (Lipinski definition) is 0. The van der Waals surface area contributed by atoms with Crippen LogP contribution in [0.3, 0.4) is 0 Å². The molecule has 3 rings (SSSR count). The van der Waals surface area contributed by atoms with E-state index in [1.165, 1.54) is 10.4 Å². The Hall–Kier alpha value is -1.15. The first-order valence-corrected chi connectivity index (χ1v) is 6.69. The second-order valence-electron chi connectivity index (χ2n) is 4.74. The van der Waals surface area contributed by atoms with E-state index in [-0.39, 0.29) is 5.41 Å². The second kappa shape index (κ2) is 3.95. The Morgan fingerprint density at radius 1 is 1.12 bits per heavy atom. The van der Waals surface area contributed by atoms with Gasteiger partial charge in [-0.1, -0.05) is 46.3 Å². The molecule has 0 amide bonds. The maximum atomic E-state index is 12.3. The number of halogens is 1. The molecule has 0 bridgehead atoms. The first-order valence-electron chi connectivity index (χ1n) is 5.89. The summed E-state index contributed by atoms with van der Waals surface area (Å²) in [5, 5.41) is 2.36. The molecule has 17 heavy (non-hydrogen) atoms. The highest BCUT2D eigenvalue weighted by Gasteiger charge is 2.34. The van der Waals surface area contributed by atoms with E-state index in [1.807, 2.05) is 12.1 Å². The summed E-state index contributed by atoms with van der Waals surface area (Å²) in [6.07, 6.45) is 10.8. The molecule has 2 aliphatic rings. The summed E-state index contributed by atoms with van der Waals surface area (Å²) < 4.78 is 1.07. The molecule has 0 aliphatic heterocycles. The molecule has 0 saturated heterocycles. The smallest absolute Gasteiger partial charge is 0.150 e. The monoisotopic (exact) mass is 288 g/mol. The fraction of sp³-hybridized carbons (Fsp3) is 0.267. The van der Waals surface area contributed by atoms with Crippen molar-refractivity contribution in [2.24, 2.45) is 5.41 Å². The molecular formula is C15H13BrO. The Balaban J connectivity index is 2.16. The third-order valence-electron chi connectivity index (χ3n) is 3.59. The lowest BCUT2D eigenvalue weighted by Gasteiger charge is -2.21. The summed E-state index contributed by atoms with van der Waals surface area (Å²) in [5.41, 5.74) is -0.355. The molecule has 0 saturated carbocycles. The Labute approximate surface area is 109 Å². The molecule has 2 aliphatic carbocycles. The maximum Gasteiger partial charge on any atom is 0.150 e. The van der Waals surface area contributed by atoms with Gasteiger partial charge < -0.3 is 0 Å². The molecule has 1 nitrogen and oxygen atoms in total. The third kappa shape index (κ3) is 1.81. The normalized spacial score (nSPS) is 26.3. The lowest BCUT2D eigenvalue weighted by molar-refractivity contribution is -0.122. The summed E-state index contributed by atoms with van der Waals surface area (Å²) in [4.78, 5) is 12.3. The average Bonchev–Trinajstić information content (AvgIpc) is 2.57. The van der Waals surface area contributed by atoms with Crippen LogP contribution in [0.4, 0.5) is 0 Å². The minimum absolute atomic E-state index is 0.318. The van der Waals surface area contributed by atoms with E-state index < -0.39 is 0 Å². The Morgan fingerprint density at radius 3 is 2.82 bits per heavy atom. The van der Waals surface area contributed by atoms with Crippen LogP contribution < -0.4 is 10.4 Å². The average molecular weight is 289 g/mol. The number of allylic oxidation sites excluding steroid dienone is 2. The lowest BCUT2D eigenvalue weighted by Crippen LogP contribution is -2.23. The van der Waals surface area contributed by atoms with Gasteiger partial charge in [-0.3, -0.25) is 4.79 Å². The minimum atomic E-state index is -0.355. The van der Waals surface area contributed by atoms with Gasteiger partial charge in [0.05, 0.1) is 5.41 Å².